The third kappa shape index (κ3) is 2.37. The molecule has 0 aliphatic carbocycles. The van der Waals surface area contributed by atoms with Crippen LogP contribution in [0.4, 0.5) is 5.95 Å². The van der Waals surface area contributed by atoms with E-state index in [0.29, 0.717) is 22.9 Å². The van der Waals surface area contributed by atoms with Gasteiger partial charge in [0.05, 0.1) is 27.0 Å². The lowest BCUT2D eigenvalue weighted by Gasteiger charge is -2.15. The van der Waals surface area contributed by atoms with Gasteiger partial charge in [-0.1, -0.05) is 0 Å². The van der Waals surface area contributed by atoms with Gasteiger partial charge in [-0.05, 0) is 18.2 Å². The second-order valence-corrected chi connectivity index (χ2v) is 3.68. The molecule has 19 heavy (non-hydrogen) atoms. The Bertz CT molecular complexity index is 587. The number of methoxy groups -OCH3 is 3. The van der Waals surface area contributed by atoms with E-state index in [4.69, 9.17) is 19.9 Å². The number of nitrogens with zero attached hydrogens (tertiary/aromatic N) is 2. The van der Waals surface area contributed by atoms with Gasteiger partial charge in [-0.2, -0.15) is 0 Å². The highest BCUT2D eigenvalue weighted by molar-refractivity contribution is 5.74. The molecule has 6 nitrogen and oxygen atoms in total. The first-order valence-corrected chi connectivity index (χ1v) is 5.59. The normalized spacial score (nSPS) is 10.1. The summed E-state index contributed by atoms with van der Waals surface area (Å²) in [5.74, 6) is 1.85. The monoisotopic (exact) mass is 261 g/mol. The third-order valence-electron chi connectivity index (χ3n) is 2.65. The molecule has 1 aromatic heterocycles. The summed E-state index contributed by atoms with van der Waals surface area (Å²) < 4.78 is 16.0. The Morgan fingerprint density at radius 1 is 0.947 bits per heavy atom. The topological polar surface area (TPSA) is 79.5 Å². The van der Waals surface area contributed by atoms with Crippen LogP contribution < -0.4 is 19.9 Å². The minimum atomic E-state index is 0.203. The molecule has 0 aliphatic heterocycles. The van der Waals surface area contributed by atoms with Gasteiger partial charge in [0.15, 0.2) is 11.5 Å². The maximum absolute atomic E-state index is 5.60. The van der Waals surface area contributed by atoms with Crippen LogP contribution in [0.5, 0.6) is 17.2 Å². The zero-order valence-corrected chi connectivity index (χ0v) is 11.0. The average molecular weight is 261 g/mol. The van der Waals surface area contributed by atoms with E-state index in [1.54, 1.807) is 39.7 Å². The smallest absolute Gasteiger partial charge is 0.220 e. The van der Waals surface area contributed by atoms with Gasteiger partial charge in [0.1, 0.15) is 0 Å². The minimum Gasteiger partial charge on any atom is -0.493 e. The second kappa shape index (κ2) is 5.43. The molecule has 0 unspecified atom stereocenters. The van der Waals surface area contributed by atoms with Gasteiger partial charge in [-0.15, -0.1) is 0 Å². The highest BCUT2D eigenvalue weighted by Crippen LogP contribution is 2.43. The van der Waals surface area contributed by atoms with E-state index in [1.807, 2.05) is 6.07 Å². The van der Waals surface area contributed by atoms with Crippen LogP contribution in [0, 0.1) is 0 Å². The number of nitrogens with two attached hydrogens (primary N) is 1. The zero-order valence-electron chi connectivity index (χ0n) is 11.0. The van der Waals surface area contributed by atoms with Crippen molar-refractivity contribution in [2.75, 3.05) is 27.1 Å². The Balaban J connectivity index is 2.64. The number of hydrogen-bond donors (Lipinski definition) is 1. The minimum absolute atomic E-state index is 0.203. The quantitative estimate of drug-likeness (QED) is 0.903. The average Bonchev–Trinajstić information content (AvgIpc) is 2.45. The lowest BCUT2D eigenvalue weighted by Crippen LogP contribution is -1.99. The Labute approximate surface area is 111 Å². The molecule has 1 heterocycles. The fourth-order valence-electron chi connectivity index (χ4n) is 1.83. The second-order valence-electron chi connectivity index (χ2n) is 3.68. The zero-order chi connectivity index (χ0) is 13.8. The van der Waals surface area contributed by atoms with Crippen molar-refractivity contribution < 1.29 is 14.2 Å². The van der Waals surface area contributed by atoms with E-state index in [1.165, 1.54) is 0 Å². The molecule has 2 N–H and O–H groups in total. The Morgan fingerprint density at radius 3 is 2.26 bits per heavy atom. The number of hydrogen-bond acceptors (Lipinski definition) is 6. The molecule has 0 saturated carbocycles. The molecular formula is C13H15N3O3. The highest BCUT2D eigenvalue weighted by Gasteiger charge is 2.17. The van der Waals surface area contributed by atoms with Crippen LogP contribution in [0.3, 0.4) is 0 Å². The first kappa shape index (κ1) is 12.9. The van der Waals surface area contributed by atoms with E-state index >= 15 is 0 Å². The lowest BCUT2D eigenvalue weighted by molar-refractivity contribution is 0.325. The number of nitrogen functional groups attached to an aromatic ring is 1. The molecular weight excluding hydrogens is 246 g/mol. The standard InChI is InChI=1S/C13H15N3O3/c1-17-10-5-4-8(11(18-2)12(10)19-3)9-6-7-15-13(14)16-9/h4-7H,1-3H3,(H2,14,15,16). The molecule has 0 aliphatic rings. The summed E-state index contributed by atoms with van der Waals surface area (Å²) in [7, 11) is 4.68. The molecule has 1 aromatic carbocycles. The van der Waals surface area contributed by atoms with Crippen molar-refractivity contribution >= 4 is 5.95 Å². The van der Waals surface area contributed by atoms with Gasteiger partial charge >= 0.3 is 0 Å². The molecule has 2 rings (SSSR count). The molecule has 100 valence electrons. The van der Waals surface area contributed by atoms with Crippen LogP contribution in [0.25, 0.3) is 11.3 Å². The van der Waals surface area contributed by atoms with Crippen molar-refractivity contribution in [3.63, 3.8) is 0 Å². The van der Waals surface area contributed by atoms with Crippen molar-refractivity contribution in [3.05, 3.63) is 24.4 Å². The van der Waals surface area contributed by atoms with Crippen LogP contribution in [-0.4, -0.2) is 31.3 Å². The van der Waals surface area contributed by atoms with Crippen LogP contribution in [0.15, 0.2) is 24.4 Å². The van der Waals surface area contributed by atoms with Crippen molar-refractivity contribution in [1.29, 1.82) is 0 Å². The fourth-order valence-corrected chi connectivity index (χ4v) is 1.83. The maximum atomic E-state index is 5.60. The molecule has 0 fully saturated rings. The Kier molecular flexibility index (Phi) is 3.70. The first-order chi connectivity index (χ1) is 9.21. The summed E-state index contributed by atoms with van der Waals surface area (Å²) in [5.41, 5.74) is 7.01. The van der Waals surface area contributed by atoms with E-state index in [9.17, 15) is 0 Å². The molecule has 0 saturated heterocycles. The van der Waals surface area contributed by atoms with Gasteiger partial charge in [-0.25, -0.2) is 9.97 Å². The van der Waals surface area contributed by atoms with E-state index < -0.39 is 0 Å². The number of anilines is 1. The number of benzene rings is 1. The highest BCUT2D eigenvalue weighted by atomic mass is 16.5. The van der Waals surface area contributed by atoms with Crippen LogP contribution in [0.2, 0.25) is 0 Å². The number of aromatic nitrogens is 2. The van der Waals surface area contributed by atoms with E-state index in [-0.39, 0.29) is 5.95 Å². The van der Waals surface area contributed by atoms with Crippen molar-refractivity contribution in [1.82, 2.24) is 9.97 Å². The van der Waals surface area contributed by atoms with Crippen LogP contribution >= 0.6 is 0 Å². The fraction of sp³-hybridized carbons (Fsp3) is 0.231. The molecule has 2 aromatic rings. The summed E-state index contributed by atoms with van der Waals surface area (Å²) in [5, 5.41) is 0. The Morgan fingerprint density at radius 2 is 1.68 bits per heavy atom. The summed E-state index contributed by atoms with van der Waals surface area (Å²) in [6.45, 7) is 0. The molecule has 6 heteroatoms. The van der Waals surface area contributed by atoms with Gasteiger partial charge in [-0.3, -0.25) is 0 Å². The summed E-state index contributed by atoms with van der Waals surface area (Å²) >= 11 is 0. The largest absolute Gasteiger partial charge is 0.493 e. The van der Waals surface area contributed by atoms with Crippen molar-refractivity contribution in [2.45, 2.75) is 0 Å². The summed E-state index contributed by atoms with van der Waals surface area (Å²) in [6, 6.07) is 5.37. The molecule has 0 amide bonds. The van der Waals surface area contributed by atoms with Crippen molar-refractivity contribution in [2.24, 2.45) is 0 Å². The van der Waals surface area contributed by atoms with Crippen molar-refractivity contribution in [3.8, 4) is 28.5 Å². The van der Waals surface area contributed by atoms with Gasteiger partial charge in [0.2, 0.25) is 11.7 Å². The number of ether oxygens (including phenoxy) is 3. The summed E-state index contributed by atoms with van der Waals surface area (Å²) in [6.07, 6.45) is 1.59. The van der Waals surface area contributed by atoms with Crippen LogP contribution in [0.1, 0.15) is 0 Å². The molecule has 0 bridgehead atoms. The van der Waals surface area contributed by atoms with E-state index in [0.717, 1.165) is 5.56 Å². The lowest BCUT2D eigenvalue weighted by atomic mass is 10.1. The predicted molar refractivity (Wildman–Crippen MR) is 71.5 cm³/mol. The third-order valence-corrected chi connectivity index (χ3v) is 2.65. The Hall–Kier alpha value is -2.50. The molecule has 0 radical (unpaired) electrons. The van der Waals surface area contributed by atoms with Gasteiger partial charge < -0.3 is 19.9 Å². The summed E-state index contributed by atoms with van der Waals surface area (Å²) in [4.78, 5) is 8.04. The van der Waals surface area contributed by atoms with Gasteiger partial charge in [0, 0.05) is 11.8 Å². The predicted octanol–water partition coefficient (Wildman–Crippen LogP) is 1.75. The first-order valence-electron chi connectivity index (χ1n) is 5.59. The van der Waals surface area contributed by atoms with Crippen LogP contribution in [-0.2, 0) is 0 Å². The maximum Gasteiger partial charge on any atom is 0.220 e. The van der Waals surface area contributed by atoms with E-state index in [2.05, 4.69) is 9.97 Å². The SMILES string of the molecule is COc1ccc(-c2ccnc(N)n2)c(OC)c1OC. The molecule has 0 spiro atoms. The van der Waals surface area contributed by atoms with Gasteiger partial charge in [0.25, 0.3) is 0 Å². The number of rotatable bonds is 4. The molecule has 0 atom stereocenters.